The molecule has 0 radical (unpaired) electrons. The first-order valence-corrected chi connectivity index (χ1v) is 22.1. The topological polar surface area (TPSA) is 167 Å². The summed E-state index contributed by atoms with van der Waals surface area (Å²) in [4.78, 5) is 68.2. The van der Waals surface area contributed by atoms with Crippen LogP contribution in [-0.2, 0) is 39.9 Å². The Hall–Kier alpha value is -4.80. The SMILES string of the molecule is CC[C@H](C)[C@@H]([C@@H](CC(=O)N1CCC[C@H]1[C@H](OC)[C@@H](C)C(=O)N[C@H](/C=C/c1ccccc1)Cc1ccccc1)OC)N(C)C(=O)[C@@H](NC(=O)[C@@H](NC)C(C)C)C(C)C.O=C(O)C(F)(F)F. The van der Waals surface area contributed by atoms with Crippen LogP contribution in [0, 0.1) is 23.7 Å². The van der Waals surface area contributed by atoms with Crippen molar-refractivity contribution in [2.24, 2.45) is 23.7 Å². The highest BCUT2D eigenvalue weighted by molar-refractivity contribution is 5.90. The molecule has 1 aliphatic rings. The van der Waals surface area contributed by atoms with Gasteiger partial charge in [0.25, 0.3) is 0 Å². The van der Waals surface area contributed by atoms with Crippen molar-refractivity contribution >= 4 is 35.7 Å². The van der Waals surface area contributed by atoms with Crippen molar-refractivity contribution in [2.75, 3.05) is 34.9 Å². The first-order valence-electron chi connectivity index (χ1n) is 22.1. The van der Waals surface area contributed by atoms with E-state index in [2.05, 4.69) is 41.9 Å². The van der Waals surface area contributed by atoms with E-state index in [-0.39, 0.29) is 59.9 Å². The fourth-order valence-corrected chi connectivity index (χ4v) is 8.19. The van der Waals surface area contributed by atoms with Crippen LogP contribution in [0.3, 0.4) is 0 Å². The fraction of sp³-hybridized carbons (Fsp3) is 0.604. The summed E-state index contributed by atoms with van der Waals surface area (Å²) >= 11 is 0. The van der Waals surface area contributed by atoms with Crippen molar-refractivity contribution in [1.82, 2.24) is 25.8 Å². The van der Waals surface area contributed by atoms with Crippen LogP contribution in [-0.4, -0.2) is 128 Å². The van der Waals surface area contributed by atoms with Gasteiger partial charge in [0.15, 0.2) is 0 Å². The molecule has 2 aromatic rings. The number of hydrogen-bond acceptors (Lipinski definition) is 8. The van der Waals surface area contributed by atoms with E-state index in [1.54, 1.807) is 33.2 Å². The van der Waals surface area contributed by atoms with Gasteiger partial charge in [0.1, 0.15) is 6.04 Å². The zero-order valence-electron chi connectivity index (χ0n) is 39.4. The van der Waals surface area contributed by atoms with Crippen LogP contribution in [0.1, 0.15) is 85.3 Å². The first kappa shape index (κ1) is 55.3. The first-order chi connectivity index (χ1) is 30.1. The monoisotopic (exact) mass is 904 g/mol. The molecule has 1 aliphatic heterocycles. The van der Waals surface area contributed by atoms with Crippen LogP contribution in [0.2, 0.25) is 0 Å². The largest absolute Gasteiger partial charge is 0.490 e. The number of likely N-dealkylation sites (tertiary alicyclic amines) is 1. The van der Waals surface area contributed by atoms with E-state index in [1.807, 2.05) is 100 Å². The lowest BCUT2D eigenvalue weighted by Crippen LogP contribution is -2.59. The van der Waals surface area contributed by atoms with Gasteiger partial charge in [0.05, 0.1) is 48.7 Å². The third-order valence-electron chi connectivity index (χ3n) is 11.9. The van der Waals surface area contributed by atoms with Crippen LogP contribution in [0.25, 0.3) is 6.08 Å². The van der Waals surface area contributed by atoms with Gasteiger partial charge in [0, 0.05) is 27.8 Å². The molecule has 1 saturated heterocycles. The third kappa shape index (κ3) is 16.6. The standard InChI is InChI=1S/C46H71N5O6.C2HF3O2/c1-12-32(6)42(50(9)46(55)41(31(4)5)49-45(54)40(47-8)30(2)3)38(56-10)29-39(52)51-27-19-24-37(51)43(57-11)33(7)44(53)48-36(28-35-22-17-14-18-23-35)26-25-34-20-15-13-16-21-34;3-2(4,5)1(6)7/h13-18,20-23,25-26,30-33,36-38,40-43,47H,12,19,24,27-29H2,1-11H3,(H,48,53)(H,49,54);(H,6,7)/b26-25+;/t32-,33+,36+,37-,38+,40-,41-,42-,43+;/m0./s1. The zero-order valence-corrected chi connectivity index (χ0v) is 39.4. The van der Waals surface area contributed by atoms with Crippen LogP contribution in [0.15, 0.2) is 66.7 Å². The van der Waals surface area contributed by atoms with Crippen LogP contribution < -0.4 is 16.0 Å². The molecule has 0 aromatic heterocycles. The normalized spacial score (nSPS) is 17.9. The Morgan fingerprint density at radius 3 is 1.92 bits per heavy atom. The summed E-state index contributed by atoms with van der Waals surface area (Å²) in [6.45, 7) is 14.3. The molecule has 358 valence electrons. The van der Waals surface area contributed by atoms with Gasteiger partial charge in [0.2, 0.25) is 23.6 Å². The smallest absolute Gasteiger partial charge is 0.475 e. The second-order valence-electron chi connectivity index (χ2n) is 17.2. The summed E-state index contributed by atoms with van der Waals surface area (Å²) < 4.78 is 43.9. The number of alkyl halides is 3. The summed E-state index contributed by atoms with van der Waals surface area (Å²) in [5, 5.41) is 16.5. The number of methoxy groups -OCH3 is 2. The van der Waals surface area contributed by atoms with E-state index >= 15 is 0 Å². The fourth-order valence-electron chi connectivity index (χ4n) is 8.19. The maximum Gasteiger partial charge on any atom is 0.490 e. The number of halogens is 3. The van der Waals surface area contributed by atoms with Gasteiger partial charge < -0.3 is 40.3 Å². The molecule has 0 saturated carbocycles. The van der Waals surface area contributed by atoms with Crippen molar-refractivity contribution < 1.29 is 51.7 Å². The average molecular weight is 904 g/mol. The Labute approximate surface area is 377 Å². The lowest BCUT2D eigenvalue weighted by atomic mass is 9.89. The van der Waals surface area contributed by atoms with E-state index in [0.29, 0.717) is 19.4 Å². The highest BCUT2D eigenvalue weighted by Gasteiger charge is 2.43. The summed E-state index contributed by atoms with van der Waals surface area (Å²) in [6.07, 6.45) is 0.740. The minimum absolute atomic E-state index is 0.00877. The van der Waals surface area contributed by atoms with Crippen molar-refractivity contribution in [3.63, 3.8) is 0 Å². The quantitative estimate of drug-likeness (QED) is 0.105. The molecule has 64 heavy (non-hydrogen) atoms. The summed E-state index contributed by atoms with van der Waals surface area (Å²) in [6, 6.07) is 17.9. The third-order valence-corrected chi connectivity index (χ3v) is 11.9. The van der Waals surface area contributed by atoms with Crippen molar-refractivity contribution in [2.45, 2.75) is 129 Å². The Morgan fingerprint density at radius 1 is 0.875 bits per heavy atom. The predicted octanol–water partition coefficient (Wildman–Crippen LogP) is 6.37. The number of carbonyl (C=O) groups excluding carboxylic acids is 4. The molecule has 4 amide bonds. The van der Waals surface area contributed by atoms with Crippen molar-refractivity contribution in [3.8, 4) is 0 Å². The van der Waals surface area contributed by atoms with Gasteiger partial charge in [-0.1, -0.05) is 128 Å². The van der Waals surface area contributed by atoms with Gasteiger partial charge in [-0.2, -0.15) is 13.2 Å². The summed E-state index contributed by atoms with van der Waals surface area (Å²) in [5.74, 6) is -4.15. The van der Waals surface area contributed by atoms with Crippen molar-refractivity contribution in [3.05, 3.63) is 77.9 Å². The molecule has 0 spiro atoms. The number of carbonyl (C=O) groups is 5. The number of hydrogen-bond donors (Lipinski definition) is 4. The van der Waals surface area contributed by atoms with Gasteiger partial charge in [-0.15, -0.1) is 0 Å². The number of aliphatic carboxylic acids is 1. The number of rotatable bonds is 22. The van der Waals surface area contributed by atoms with Crippen LogP contribution >= 0.6 is 0 Å². The van der Waals surface area contributed by atoms with Gasteiger partial charge in [-0.05, 0) is 55.2 Å². The van der Waals surface area contributed by atoms with Crippen molar-refractivity contribution in [1.29, 1.82) is 0 Å². The lowest BCUT2D eigenvalue weighted by molar-refractivity contribution is -0.192. The van der Waals surface area contributed by atoms with Gasteiger partial charge in [-0.25, -0.2) is 4.79 Å². The number of carboxylic acids is 1. The second kappa shape index (κ2) is 26.9. The van der Waals surface area contributed by atoms with Crippen LogP contribution in [0.5, 0.6) is 0 Å². The number of ether oxygens (including phenoxy) is 2. The second-order valence-corrected chi connectivity index (χ2v) is 17.2. The number of likely N-dealkylation sites (N-methyl/N-ethyl adjacent to an activating group) is 2. The molecule has 3 rings (SSSR count). The number of amides is 4. The molecule has 0 unspecified atom stereocenters. The molecular weight excluding hydrogens is 832 g/mol. The number of benzene rings is 2. The van der Waals surface area contributed by atoms with Crippen LogP contribution in [0.4, 0.5) is 13.2 Å². The molecule has 16 heteroatoms. The maximum atomic E-state index is 14.3. The average Bonchev–Trinajstić information content (AvgIpc) is 3.74. The van der Waals surface area contributed by atoms with E-state index < -0.39 is 48.4 Å². The Kier molecular flexibility index (Phi) is 23.2. The molecule has 2 aromatic carbocycles. The molecule has 0 aliphatic carbocycles. The Balaban J connectivity index is 0.00000185. The lowest BCUT2D eigenvalue weighted by Gasteiger charge is -2.41. The minimum atomic E-state index is -5.08. The Morgan fingerprint density at radius 2 is 1.44 bits per heavy atom. The summed E-state index contributed by atoms with van der Waals surface area (Å²) in [7, 11) is 6.67. The van der Waals surface area contributed by atoms with E-state index in [4.69, 9.17) is 19.4 Å². The van der Waals surface area contributed by atoms with Gasteiger partial charge in [-0.3, -0.25) is 19.2 Å². The number of nitrogens with zero attached hydrogens (tertiary/aromatic N) is 2. The molecule has 4 N–H and O–H groups in total. The zero-order chi connectivity index (χ0) is 48.3. The minimum Gasteiger partial charge on any atom is -0.475 e. The molecule has 9 atom stereocenters. The molecule has 1 heterocycles. The molecule has 13 nitrogen and oxygen atoms in total. The number of nitrogens with one attached hydrogen (secondary N) is 3. The maximum absolute atomic E-state index is 14.3. The molecule has 0 bridgehead atoms. The molecule has 1 fully saturated rings. The Bertz CT molecular complexity index is 1780. The predicted molar refractivity (Wildman–Crippen MR) is 242 cm³/mol. The molecular formula is C48H72F3N5O8. The highest BCUT2D eigenvalue weighted by Crippen LogP contribution is 2.30. The highest BCUT2D eigenvalue weighted by atomic mass is 19.4. The van der Waals surface area contributed by atoms with E-state index in [1.165, 1.54) is 0 Å². The summed E-state index contributed by atoms with van der Waals surface area (Å²) in [5.41, 5.74) is 2.15. The van der Waals surface area contributed by atoms with E-state index in [0.717, 1.165) is 24.0 Å². The number of carboxylic acid groups (broad SMARTS) is 1. The van der Waals surface area contributed by atoms with Gasteiger partial charge >= 0.3 is 12.1 Å². The van der Waals surface area contributed by atoms with E-state index in [9.17, 15) is 32.3 Å².